The molecule has 2 aliphatic heterocycles. The first kappa shape index (κ1) is 23.6. The fourth-order valence-corrected chi connectivity index (χ4v) is 6.27. The maximum Gasteiger partial charge on any atom is 0.270 e. The summed E-state index contributed by atoms with van der Waals surface area (Å²) in [4.78, 5) is 30.4. The number of aromatic nitrogens is 1. The Labute approximate surface area is 207 Å². The fraction of sp³-hybridized carbons (Fsp3) is 0.333. The lowest BCUT2D eigenvalue weighted by Crippen LogP contribution is -2.38. The third-order valence-electron chi connectivity index (χ3n) is 5.89. The molecule has 2 fully saturated rings. The van der Waals surface area contributed by atoms with Gasteiger partial charge in [0.2, 0.25) is 0 Å². The molecule has 33 heavy (non-hydrogen) atoms. The molecule has 0 bridgehead atoms. The zero-order valence-corrected chi connectivity index (χ0v) is 21.0. The van der Waals surface area contributed by atoms with Crippen molar-refractivity contribution in [2.75, 3.05) is 36.0 Å². The summed E-state index contributed by atoms with van der Waals surface area (Å²) in [5.41, 5.74) is 2.29. The van der Waals surface area contributed by atoms with Crippen LogP contribution in [0.5, 0.6) is 0 Å². The number of carbonyl (C=O) groups excluding carboxylic acids is 1. The molecule has 1 aromatic heterocycles. The summed E-state index contributed by atoms with van der Waals surface area (Å²) in [6, 6.07) is 12.1. The van der Waals surface area contributed by atoms with Crippen LogP contribution in [-0.4, -0.2) is 50.8 Å². The minimum absolute atomic E-state index is 0.110. The molecule has 0 atom stereocenters. The molecule has 1 amide bonds. The van der Waals surface area contributed by atoms with Crippen LogP contribution in [0.4, 0.5) is 5.82 Å². The zero-order chi connectivity index (χ0) is 23.5. The standard InChI is InChI=1S/C24H24N4O2S3/c1-16-18(21(27-10-12-32-13-11-27)26(2)22(29)19(16)15-25)14-20-23(30)28(24(31)33-20)9-8-17-6-4-3-5-7-17/h3-7,14H,8-13H2,1-2H3/b20-14-. The molecular weight excluding hydrogens is 472 g/mol. The minimum Gasteiger partial charge on any atom is -0.356 e. The lowest BCUT2D eigenvalue weighted by atomic mass is 10.0. The second kappa shape index (κ2) is 10.2. The van der Waals surface area contributed by atoms with E-state index in [-0.39, 0.29) is 17.0 Å². The van der Waals surface area contributed by atoms with E-state index in [0.717, 1.165) is 41.5 Å². The number of hydrogen-bond donors (Lipinski definition) is 0. The van der Waals surface area contributed by atoms with Gasteiger partial charge in [-0.05, 0) is 30.5 Å². The molecule has 9 heteroatoms. The Balaban J connectivity index is 1.71. The molecule has 170 valence electrons. The average Bonchev–Trinajstić information content (AvgIpc) is 3.10. The molecular formula is C24H24N4O2S3. The van der Waals surface area contributed by atoms with Gasteiger partial charge >= 0.3 is 0 Å². The summed E-state index contributed by atoms with van der Waals surface area (Å²) >= 11 is 8.67. The maximum atomic E-state index is 13.2. The number of amides is 1. The maximum absolute atomic E-state index is 13.2. The molecule has 0 saturated carbocycles. The van der Waals surface area contributed by atoms with E-state index in [2.05, 4.69) is 11.0 Å². The van der Waals surface area contributed by atoms with Gasteiger partial charge in [-0.2, -0.15) is 17.0 Å². The fourth-order valence-electron chi connectivity index (χ4n) is 4.08. The van der Waals surface area contributed by atoms with Crippen molar-refractivity contribution in [2.24, 2.45) is 7.05 Å². The highest BCUT2D eigenvalue weighted by Crippen LogP contribution is 2.36. The van der Waals surface area contributed by atoms with Crippen molar-refractivity contribution in [3.8, 4) is 6.07 Å². The quantitative estimate of drug-likeness (QED) is 0.463. The van der Waals surface area contributed by atoms with E-state index in [0.29, 0.717) is 27.8 Å². The summed E-state index contributed by atoms with van der Waals surface area (Å²) in [6.45, 7) is 3.91. The van der Waals surface area contributed by atoms with Gasteiger partial charge in [-0.15, -0.1) is 0 Å². The SMILES string of the molecule is Cc1c(/C=C2\SC(=S)N(CCc3ccccc3)C2=O)c(N2CCSCC2)n(C)c(=O)c1C#N. The highest BCUT2D eigenvalue weighted by atomic mass is 32.2. The van der Waals surface area contributed by atoms with Crippen LogP contribution in [0.2, 0.25) is 0 Å². The van der Waals surface area contributed by atoms with Crippen LogP contribution in [0.3, 0.4) is 0 Å². The molecule has 0 aliphatic carbocycles. The second-order valence-electron chi connectivity index (χ2n) is 7.88. The molecule has 1 aromatic carbocycles. The number of thiocarbonyl (C=S) groups is 1. The molecule has 0 spiro atoms. The molecule has 2 aliphatic rings. The van der Waals surface area contributed by atoms with Crippen LogP contribution >= 0.6 is 35.7 Å². The summed E-state index contributed by atoms with van der Waals surface area (Å²) in [5, 5.41) is 9.62. The molecule has 0 radical (unpaired) electrons. The topological polar surface area (TPSA) is 69.3 Å². The highest BCUT2D eigenvalue weighted by molar-refractivity contribution is 8.26. The van der Waals surface area contributed by atoms with Crippen LogP contribution < -0.4 is 10.5 Å². The summed E-state index contributed by atoms with van der Waals surface area (Å²) < 4.78 is 2.07. The second-order valence-corrected chi connectivity index (χ2v) is 10.8. The number of anilines is 1. The van der Waals surface area contributed by atoms with E-state index < -0.39 is 0 Å². The number of pyridine rings is 1. The molecule has 2 aromatic rings. The number of thioether (sulfide) groups is 2. The Morgan fingerprint density at radius 2 is 1.88 bits per heavy atom. The third-order valence-corrected chi connectivity index (χ3v) is 8.21. The van der Waals surface area contributed by atoms with Crippen molar-refractivity contribution in [2.45, 2.75) is 13.3 Å². The van der Waals surface area contributed by atoms with Crippen molar-refractivity contribution >= 4 is 57.9 Å². The summed E-state index contributed by atoms with van der Waals surface area (Å²) in [7, 11) is 1.70. The van der Waals surface area contributed by atoms with Gasteiger partial charge in [-0.3, -0.25) is 19.1 Å². The van der Waals surface area contributed by atoms with Crippen LogP contribution in [0.25, 0.3) is 6.08 Å². The molecule has 0 unspecified atom stereocenters. The van der Waals surface area contributed by atoms with Gasteiger partial charge in [-0.25, -0.2) is 0 Å². The molecule has 4 rings (SSSR count). The van der Waals surface area contributed by atoms with Gasteiger partial charge in [-0.1, -0.05) is 54.3 Å². The van der Waals surface area contributed by atoms with Gasteiger partial charge in [0.1, 0.15) is 21.8 Å². The summed E-state index contributed by atoms with van der Waals surface area (Å²) in [6.07, 6.45) is 2.53. The van der Waals surface area contributed by atoms with Crippen LogP contribution in [0.15, 0.2) is 40.0 Å². The number of nitriles is 1. The lowest BCUT2D eigenvalue weighted by molar-refractivity contribution is -0.122. The van der Waals surface area contributed by atoms with Crippen LogP contribution in [-0.2, 0) is 18.3 Å². The van der Waals surface area contributed by atoms with Gasteiger partial charge < -0.3 is 4.90 Å². The number of nitrogens with zero attached hydrogens (tertiary/aromatic N) is 4. The van der Waals surface area contributed by atoms with Gasteiger partial charge in [0, 0.05) is 43.8 Å². The third kappa shape index (κ3) is 4.74. The molecule has 0 N–H and O–H groups in total. The predicted octanol–water partition coefficient (Wildman–Crippen LogP) is 3.56. The Morgan fingerprint density at radius 1 is 1.18 bits per heavy atom. The van der Waals surface area contributed by atoms with Crippen molar-refractivity contribution < 1.29 is 4.79 Å². The molecule has 2 saturated heterocycles. The minimum atomic E-state index is -0.309. The zero-order valence-electron chi connectivity index (χ0n) is 18.5. The average molecular weight is 497 g/mol. The number of hydrogen-bond acceptors (Lipinski definition) is 7. The highest BCUT2D eigenvalue weighted by Gasteiger charge is 2.33. The van der Waals surface area contributed by atoms with E-state index in [9.17, 15) is 14.9 Å². The largest absolute Gasteiger partial charge is 0.356 e. The van der Waals surface area contributed by atoms with Crippen molar-refractivity contribution in [1.82, 2.24) is 9.47 Å². The monoisotopic (exact) mass is 496 g/mol. The Kier molecular flexibility index (Phi) is 7.27. The van der Waals surface area contributed by atoms with Gasteiger partial charge in [0.15, 0.2) is 0 Å². The lowest BCUT2D eigenvalue weighted by Gasteiger charge is -2.32. The van der Waals surface area contributed by atoms with Gasteiger partial charge in [0.05, 0.1) is 4.91 Å². The summed E-state index contributed by atoms with van der Waals surface area (Å²) in [5.74, 6) is 2.56. The molecule has 6 nitrogen and oxygen atoms in total. The smallest absolute Gasteiger partial charge is 0.270 e. The number of rotatable bonds is 5. The predicted molar refractivity (Wildman–Crippen MR) is 141 cm³/mol. The van der Waals surface area contributed by atoms with Gasteiger partial charge in [0.25, 0.3) is 11.5 Å². The van der Waals surface area contributed by atoms with E-state index in [1.165, 1.54) is 11.8 Å². The van der Waals surface area contributed by atoms with E-state index in [1.807, 2.05) is 48.2 Å². The first-order chi connectivity index (χ1) is 15.9. The van der Waals surface area contributed by atoms with E-state index >= 15 is 0 Å². The Morgan fingerprint density at radius 3 is 2.55 bits per heavy atom. The van der Waals surface area contributed by atoms with Crippen molar-refractivity contribution in [1.29, 1.82) is 5.26 Å². The van der Waals surface area contributed by atoms with Crippen LogP contribution in [0.1, 0.15) is 22.3 Å². The Hall–Kier alpha value is -2.54. The first-order valence-electron chi connectivity index (χ1n) is 10.7. The van der Waals surface area contributed by atoms with Crippen molar-refractivity contribution in [3.63, 3.8) is 0 Å². The first-order valence-corrected chi connectivity index (χ1v) is 13.1. The van der Waals surface area contributed by atoms with Crippen LogP contribution in [0, 0.1) is 18.3 Å². The number of carbonyl (C=O) groups is 1. The Bertz CT molecular complexity index is 1220. The van der Waals surface area contributed by atoms with Crippen molar-refractivity contribution in [3.05, 3.63) is 67.8 Å². The normalized spacial score (nSPS) is 17.7. The molecule has 3 heterocycles. The van der Waals surface area contributed by atoms with E-state index in [1.54, 1.807) is 23.4 Å². The number of benzene rings is 1. The van der Waals surface area contributed by atoms with E-state index in [4.69, 9.17) is 12.2 Å².